The van der Waals surface area contributed by atoms with Crippen LogP contribution in [0, 0.1) is 6.92 Å². The molecule has 3 heterocycles. The van der Waals surface area contributed by atoms with Gasteiger partial charge in [0, 0.05) is 25.9 Å². The van der Waals surface area contributed by atoms with Gasteiger partial charge in [-0.2, -0.15) is 20.5 Å². The number of nitrogens with one attached hydrogen (secondary N) is 1. The molecule has 1 aliphatic heterocycles. The highest BCUT2D eigenvalue weighted by Crippen LogP contribution is 2.31. The number of nitrogens with zero attached hydrogens (tertiary/aromatic N) is 5. The molecule has 2 aromatic rings. The molecule has 0 bridgehead atoms. The molecule has 0 aromatic carbocycles. The molecule has 1 amide bonds. The van der Waals surface area contributed by atoms with Crippen LogP contribution in [0.5, 0.6) is 0 Å². The number of rotatable bonds is 4. The Morgan fingerprint density at radius 2 is 2.04 bits per heavy atom. The van der Waals surface area contributed by atoms with Crippen molar-refractivity contribution < 1.29 is 9.53 Å². The van der Waals surface area contributed by atoms with Gasteiger partial charge in [0.15, 0.2) is 0 Å². The maximum Gasteiger partial charge on any atom is 0.257 e. The molecule has 8 heteroatoms. The summed E-state index contributed by atoms with van der Waals surface area (Å²) in [6.07, 6.45) is 9.47. The van der Waals surface area contributed by atoms with Gasteiger partial charge in [0.05, 0.1) is 41.7 Å². The molecule has 2 aliphatic rings. The highest BCUT2D eigenvalue weighted by Gasteiger charge is 2.39. The fraction of sp³-hybridized carbons (Fsp3) is 0.667. The third-order valence-corrected chi connectivity index (χ3v) is 5.87. The fourth-order valence-electron chi connectivity index (χ4n) is 4.35. The van der Waals surface area contributed by atoms with Gasteiger partial charge in [-0.05, 0) is 19.8 Å². The molecule has 1 saturated carbocycles. The number of amides is 1. The quantitative estimate of drug-likeness (QED) is 0.904. The molecule has 8 nitrogen and oxygen atoms in total. The summed E-state index contributed by atoms with van der Waals surface area (Å²) >= 11 is 0. The summed E-state index contributed by atoms with van der Waals surface area (Å²) in [4.78, 5) is 15.0. The number of carbonyl (C=O) groups excluding carboxylic acids is 1. The van der Waals surface area contributed by atoms with E-state index in [0.29, 0.717) is 24.7 Å². The summed E-state index contributed by atoms with van der Waals surface area (Å²) in [6, 6.07) is 0.429. The van der Waals surface area contributed by atoms with Crippen LogP contribution >= 0.6 is 0 Å². The number of aromatic amines is 1. The molecule has 0 unspecified atom stereocenters. The molecule has 4 rings (SSSR count). The van der Waals surface area contributed by atoms with Crippen LogP contribution in [0.25, 0.3) is 0 Å². The van der Waals surface area contributed by atoms with Crippen molar-refractivity contribution in [1.82, 2.24) is 30.1 Å². The Labute approximate surface area is 152 Å². The predicted octanol–water partition coefficient (Wildman–Crippen LogP) is 2.07. The van der Waals surface area contributed by atoms with Gasteiger partial charge in [0.2, 0.25) is 0 Å². The van der Waals surface area contributed by atoms with E-state index in [0.717, 1.165) is 24.2 Å². The van der Waals surface area contributed by atoms with Crippen molar-refractivity contribution in [2.45, 2.75) is 57.1 Å². The lowest BCUT2D eigenvalue weighted by atomic mass is 9.95. The lowest BCUT2D eigenvalue weighted by Crippen LogP contribution is -2.30. The summed E-state index contributed by atoms with van der Waals surface area (Å²) < 4.78 is 7.66. The molecular formula is C18H26N6O2. The van der Waals surface area contributed by atoms with E-state index in [1.165, 1.54) is 19.3 Å². The average molecular weight is 358 g/mol. The van der Waals surface area contributed by atoms with E-state index in [-0.39, 0.29) is 17.9 Å². The smallest absolute Gasteiger partial charge is 0.257 e. The first kappa shape index (κ1) is 17.2. The van der Waals surface area contributed by atoms with Crippen molar-refractivity contribution in [3.63, 3.8) is 0 Å². The Balaban J connectivity index is 1.52. The molecule has 1 aliphatic carbocycles. The van der Waals surface area contributed by atoms with Crippen molar-refractivity contribution in [2.24, 2.45) is 0 Å². The standard InChI is InChI=1S/C18H26N6O2/c1-12-14(8-20-24(12)13-6-4-3-5-7-13)18(25)23-10-15(17(11-23)26-2)16-9-19-22-21-16/h8-9,13,15,17H,3-7,10-11H2,1-2H3,(H,19,21,22)/t15-,17+/m0/s1. The van der Waals surface area contributed by atoms with Gasteiger partial charge in [-0.25, -0.2) is 0 Å². The summed E-state index contributed by atoms with van der Waals surface area (Å²) in [7, 11) is 1.68. The average Bonchev–Trinajstić information content (AvgIpc) is 3.41. The van der Waals surface area contributed by atoms with Gasteiger partial charge in [0.25, 0.3) is 5.91 Å². The molecule has 1 saturated heterocycles. The number of likely N-dealkylation sites (tertiary alicyclic amines) is 1. The second-order valence-corrected chi connectivity index (χ2v) is 7.37. The normalized spacial score (nSPS) is 24.3. The van der Waals surface area contributed by atoms with Crippen LogP contribution < -0.4 is 0 Å². The van der Waals surface area contributed by atoms with E-state index in [1.54, 1.807) is 19.5 Å². The number of carbonyl (C=O) groups is 1. The van der Waals surface area contributed by atoms with Crippen LogP contribution in [0.15, 0.2) is 12.4 Å². The van der Waals surface area contributed by atoms with Crippen molar-refractivity contribution >= 4 is 5.91 Å². The Kier molecular flexibility index (Phi) is 4.76. The maximum atomic E-state index is 13.1. The van der Waals surface area contributed by atoms with Crippen LogP contribution in [0.2, 0.25) is 0 Å². The molecule has 140 valence electrons. The molecule has 2 aromatic heterocycles. The summed E-state index contributed by atoms with van der Waals surface area (Å²) in [5.41, 5.74) is 2.51. The minimum Gasteiger partial charge on any atom is -0.379 e. The summed E-state index contributed by atoms with van der Waals surface area (Å²) in [6.45, 7) is 3.15. The van der Waals surface area contributed by atoms with Crippen LogP contribution in [0.4, 0.5) is 0 Å². The molecular weight excluding hydrogens is 332 g/mol. The van der Waals surface area contributed by atoms with Crippen LogP contribution in [0.3, 0.4) is 0 Å². The van der Waals surface area contributed by atoms with Gasteiger partial charge in [-0.15, -0.1) is 0 Å². The molecule has 2 atom stereocenters. The molecule has 2 fully saturated rings. The van der Waals surface area contributed by atoms with Crippen molar-refractivity contribution in [1.29, 1.82) is 0 Å². The van der Waals surface area contributed by atoms with Crippen molar-refractivity contribution in [3.05, 3.63) is 29.3 Å². The minimum atomic E-state index is -0.0715. The van der Waals surface area contributed by atoms with Crippen molar-refractivity contribution in [2.75, 3.05) is 20.2 Å². The Bertz CT molecular complexity index is 750. The van der Waals surface area contributed by atoms with E-state index in [4.69, 9.17) is 4.74 Å². The largest absolute Gasteiger partial charge is 0.379 e. The van der Waals surface area contributed by atoms with Gasteiger partial charge < -0.3 is 9.64 Å². The first-order valence-electron chi connectivity index (χ1n) is 9.41. The molecule has 0 radical (unpaired) electrons. The molecule has 1 N–H and O–H groups in total. The highest BCUT2D eigenvalue weighted by atomic mass is 16.5. The number of ether oxygens (including phenoxy) is 1. The Morgan fingerprint density at radius 3 is 2.73 bits per heavy atom. The monoisotopic (exact) mass is 358 g/mol. The van der Waals surface area contributed by atoms with Crippen LogP contribution in [-0.4, -0.2) is 62.3 Å². The number of hydrogen-bond donors (Lipinski definition) is 1. The van der Waals surface area contributed by atoms with E-state index < -0.39 is 0 Å². The minimum absolute atomic E-state index is 0.0256. The number of hydrogen-bond acceptors (Lipinski definition) is 5. The van der Waals surface area contributed by atoms with E-state index in [2.05, 4.69) is 25.2 Å². The number of aromatic nitrogens is 5. The predicted molar refractivity (Wildman–Crippen MR) is 94.9 cm³/mol. The van der Waals surface area contributed by atoms with Crippen LogP contribution in [-0.2, 0) is 4.74 Å². The second-order valence-electron chi connectivity index (χ2n) is 7.37. The third kappa shape index (κ3) is 3.02. The van der Waals surface area contributed by atoms with Gasteiger partial charge in [-0.1, -0.05) is 19.3 Å². The lowest BCUT2D eigenvalue weighted by molar-refractivity contribution is 0.0713. The summed E-state index contributed by atoms with van der Waals surface area (Å²) in [5.74, 6) is 0.0639. The molecule has 26 heavy (non-hydrogen) atoms. The summed E-state index contributed by atoms with van der Waals surface area (Å²) in [5, 5.41) is 15.3. The van der Waals surface area contributed by atoms with Crippen molar-refractivity contribution in [3.8, 4) is 0 Å². The Hall–Kier alpha value is -2.22. The van der Waals surface area contributed by atoms with Crippen LogP contribution in [0.1, 0.15) is 65.8 Å². The van der Waals surface area contributed by atoms with E-state index in [1.807, 2.05) is 11.8 Å². The fourth-order valence-corrected chi connectivity index (χ4v) is 4.35. The van der Waals surface area contributed by atoms with E-state index >= 15 is 0 Å². The van der Waals surface area contributed by atoms with Gasteiger partial charge >= 0.3 is 0 Å². The van der Waals surface area contributed by atoms with Gasteiger partial charge in [-0.3, -0.25) is 9.48 Å². The molecule has 0 spiro atoms. The second kappa shape index (κ2) is 7.19. The third-order valence-electron chi connectivity index (χ3n) is 5.87. The topological polar surface area (TPSA) is 88.9 Å². The first-order chi connectivity index (χ1) is 12.7. The van der Waals surface area contributed by atoms with E-state index in [9.17, 15) is 4.79 Å². The van der Waals surface area contributed by atoms with Gasteiger partial charge in [0.1, 0.15) is 0 Å². The lowest BCUT2D eigenvalue weighted by Gasteiger charge is -2.23. The highest BCUT2D eigenvalue weighted by molar-refractivity contribution is 5.95. The zero-order chi connectivity index (χ0) is 18.1. The zero-order valence-electron chi connectivity index (χ0n) is 15.4. The number of H-pyrrole nitrogens is 1. The Morgan fingerprint density at radius 1 is 1.23 bits per heavy atom. The first-order valence-corrected chi connectivity index (χ1v) is 9.41. The maximum absolute atomic E-state index is 13.1. The zero-order valence-corrected chi connectivity index (χ0v) is 15.4. The number of methoxy groups -OCH3 is 1. The SMILES string of the molecule is CO[C@@H]1CN(C(=O)c2cnn(C3CCCCC3)c2C)C[C@H]1c1cn[nH]n1.